The standard InChI is InChI=1S/C30H36N9O6/c1-6-8-31-27(42)22-11-19(15-36(22)2)33-29(44)24-13-21(17-38(24)4)35-30(45)25-12-20(16-39(25)5)34-28(43)23-10-18(14-37(23)3)32-26(41)7-9-40/h10-17,40H,1,6-9H2,2-5H3,(H,31,42)(H,32,41)(H,33,44)(H,34,43)(H,35,45). The Morgan fingerprint density at radius 2 is 0.933 bits per heavy atom. The lowest BCUT2D eigenvalue weighted by Gasteiger charge is -2.03. The summed E-state index contributed by atoms with van der Waals surface area (Å²) in [7, 11) is 6.67. The van der Waals surface area contributed by atoms with Crippen molar-refractivity contribution in [2.24, 2.45) is 28.2 Å². The zero-order valence-electron chi connectivity index (χ0n) is 25.4. The van der Waals surface area contributed by atoms with E-state index < -0.39 is 17.7 Å². The highest BCUT2D eigenvalue weighted by Crippen LogP contribution is 2.21. The van der Waals surface area contributed by atoms with Crippen LogP contribution in [0.15, 0.2) is 49.1 Å². The van der Waals surface area contributed by atoms with E-state index in [1.807, 2.05) is 0 Å². The largest absolute Gasteiger partial charge is 0.396 e. The third kappa shape index (κ3) is 7.69. The number of aromatic nitrogens is 4. The number of hydrogen-bond donors (Lipinski definition) is 6. The van der Waals surface area contributed by atoms with Gasteiger partial charge in [-0.25, -0.2) is 0 Å². The quantitative estimate of drug-likeness (QED) is 0.141. The van der Waals surface area contributed by atoms with E-state index in [1.165, 1.54) is 18.2 Å². The van der Waals surface area contributed by atoms with Crippen LogP contribution in [0, 0.1) is 6.92 Å². The monoisotopic (exact) mass is 618 g/mol. The maximum atomic E-state index is 13.1. The number of carbonyl (C=O) groups excluding carboxylic acids is 5. The van der Waals surface area contributed by atoms with Crippen molar-refractivity contribution in [2.75, 3.05) is 34.4 Å². The molecule has 0 saturated carbocycles. The molecule has 237 valence electrons. The number of anilines is 4. The molecule has 0 bridgehead atoms. The number of aliphatic hydroxyl groups is 1. The second kappa shape index (κ2) is 13.8. The van der Waals surface area contributed by atoms with Crippen molar-refractivity contribution in [3.8, 4) is 0 Å². The van der Waals surface area contributed by atoms with Gasteiger partial charge in [-0.3, -0.25) is 24.0 Å². The summed E-state index contributed by atoms with van der Waals surface area (Å²) in [5.74, 6) is -2.01. The van der Waals surface area contributed by atoms with Crippen molar-refractivity contribution in [3.05, 3.63) is 78.8 Å². The Bertz CT molecular complexity index is 1760. The van der Waals surface area contributed by atoms with Crippen molar-refractivity contribution in [1.82, 2.24) is 23.6 Å². The molecule has 0 atom stereocenters. The number of rotatable bonds is 12. The topological polar surface area (TPSA) is 185 Å². The van der Waals surface area contributed by atoms with Gasteiger partial charge in [0.2, 0.25) is 5.91 Å². The van der Waals surface area contributed by atoms with E-state index in [4.69, 9.17) is 5.11 Å². The Morgan fingerprint density at radius 1 is 0.600 bits per heavy atom. The molecule has 0 aliphatic heterocycles. The third-order valence-electron chi connectivity index (χ3n) is 6.81. The lowest BCUT2D eigenvalue weighted by molar-refractivity contribution is -0.116. The minimum absolute atomic E-state index is 0.0593. The first-order valence-electron chi connectivity index (χ1n) is 14.0. The predicted molar refractivity (Wildman–Crippen MR) is 168 cm³/mol. The first kappa shape index (κ1) is 32.3. The van der Waals surface area contributed by atoms with Crippen molar-refractivity contribution in [1.29, 1.82) is 0 Å². The summed E-state index contributed by atoms with van der Waals surface area (Å²) in [6, 6.07) is 6.11. The fourth-order valence-corrected chi connectivity index (χ4v) is 4.64. The van der Waals surface area contributed by atoms with Crippen LogP contribution in [0.4, 0.5) is 22.7 Å². The van der Waals surface area contributed by atoms with Crippen molar-refractivity contribution < 1.29 is 29.1 Å². The second-order valence-corrected chi connectivity index (χ2v) is 10.4. The molecule has 0 aromatic carbocycles. The Balaban J connectivity index is 1.39. The van der Waals surface area contributed by atoms with E-state index in [1.54, 1.807) is 77.3 Å². The molecule has 4 heterocycles. The molecule has 0 aliphatic carbocycles. The van der Waals surface area contributed by atoms with E-state index in [0.717, 1.165) is 0 Å². The normalized spacial score (nSPS) is 10.8. The molecule has 4 rings (SSSR count). The van der Waals surface area contributed by atoms with Crippen LogP contribution in [-0.2, 0) is 33.0 Å². The Hall–Kier alpha value is -5.57. The summed E-state index contributed by atoms with van der Waals surface area (Å²) >= 11 is 0. The molecule has 4 aromatic rings. The maximum Gasteiger partial charge on any atom is 0.272 e. The number of nitrogens with zero attached hydrogens (tertiary/aromatic N) is 4. The number of aliphatic hydroxyl groups excluding tert-OH is 1. The molecule has 45 heavy (non-hydrogen) atoms. The zero-order valence-corrected chi connectivity index (χ0v) is 25.4. The van der Waals surface area contributed by atoms with E-state index in [2.05, 4.69) is 33.5 Å². The number of amides is 5. The zero-order chi connectivity index (χ0) is 32.8. The van der Waals surface area contributed by atoms with Crippen LogP contribution in [-0.4, -0.2) is 66.1 Å². The molecule has 5 amide bonds. The predicted octanol–water partition coefficient (Wildman–Crippen LogP) is 2.07. The number of hydrogen-bond acceptors (Lipinski definition) is 6. The molecule has 15 heteroatoms. The summed E-state index contributed by atoms with van der Waals surface area (Å²) < 4.78 is 6.27. The summed E-state index contributed by atoms with van der Waals surface area (Å²) in [6.07, 6.45) is 6.87. The van der Waals surface area contributed by atoms with Gasteiger partial charge in [0.05, 0.1) is 35.8 Å². The van der Waals surface area contributed by atoms with Gasteiger partial charge in [-0.2, -0.15) is 0 Å². The van der Waals surface area contributed by atoms with E-state index >= 15 is 0 Å². The molecular weight excluding hydrogens is 582 g/mol. The summed E-state index contributed by atoms with van der Waals surface area (Å²) in [5, 5.41) is 22.5. The van der Waals surface area contributed by atoms with Crippen molar-refractivity contribution in [2.45, 2.75) is 12.8 Å². The molecule has 0 spiro atoms. The lowest BCUT2D eigenvalue weighted by Crippen LogP contribution is -2.25. The maximum absolute atomic E-state index is 13.1. The SMILES string of the molecule is [CH2]CCNC(=O)c1cc(NC(=O)c2cc(NC(=O)c3cc(NC(=O)c4cc(NC(=O)CCO)cn4C)cn3C)cn2C)cn1C. The van der Waals surface area contributed by atoms with E-state index in [0.29, 0.717) is 41.4 Å². The average Bonchev–Trinajstić information content (AvgIpc) is 3.73. The Morgan fingerprint density at radius 3 is 1.27 bits per heavy atom. The van der Waals surface area contributed by atoms with Gasteiger partial charge in [0.25, 0.3) is 23.6 Å². The fourth-order valence-electron chi connectivity index (χ4n) is 4.64. The molecule has 0 unspecified atom stereocenters. The summed E-state index contributed by atoms with van der Waals surface area (Å²) in [5.41, 5.74) is 2.76. The van der Waals surface area contributed by atoms with Crippen LogP contribution in [0.3, 0.4) is 0 Å². The van der Waals surface area contributed by atoms with Crippen LogP contribution < -0.4 is 26.6 Å². The summed E-state index contributed by atoms with van der Waals surface area (Å²) in [6.45, 7) is 3.85. The van der Waals surface area contributed by atoms with Crippen molar-refractivity contribution >= 4 is 52.3 Å². The lowest BCUT2D eigenvalue weighted by atomic mass is 10.3. The van der Waals surface area contributed by atoms with Crippen molar-refractivity contribution in [3.63, 3.8) is 0 Å². The Kier molecular flexibility index (Phi) is 9.93. The molecule has 1 radical (unpaired) electrons. The highest BCUT2D eigenvalue weighted by molar-refractivity contribution is 6.09. The molecular formula is C30H36N9O6. The molecule has 0 aliphatic rings. The van der Waals surface area contributed by atoms with Crippen LogP contribution in [0.1, 0.15) is 54.8 Å². The van der Waals surface area contributed by atoms with E-state index in [-0.39, 0.29) is 41.9 Å². The minimum atomic E-state index is -0.468. The van der Waals surface area contributed by atoms with Gasteiger partial charge >= 0.3 is 0 Å². The number of carbonyl (C=O) groups is 5. The second-order valence-electron chi connectivity index (χ2n) is 10.4. The van der Waals surface area contributed by atoms with Crippen LogP contribution in [0.5, 0.6) is 0 Å². The van der Waals surface area contributed by atoms with Gasteiger partial charge in [-0.15, -0.1) is 0 Å². The smallest absolute Gasteiger partial charge is 0.272 e. The molecule has 15 nitrogen and oxygen atoms in total. The fraction of sp³-hybridized carbons (Fsp3) is 0.267. The average molecular weight is 619 g/mol. The third-order valence-corrected chi connectivity index (χ3v) is 6.81. The first-order chi connectivity index (χ1) is 21.4. The molecule has 4 aromatic heterocycles. The number of aryl methyl sites for hydroxylation is 4. The Labute approximate surface area is 259 Å². The summed E-state index contributed by atoms with van der Waals surface area (Å²) in [4.78, 5) is 63.1. The van der Waals surface area contributed by atoms with Crippen LogP contribution >= 0.6 is 0 Å². The van der Waals surface area contributed by atoms with Gasteiger partial charge in [0.15, 0.2) is 0 Å². The highest BCUT2D eigenvalue weighted by atomic mass is 16.3. The van der Waals surface area contributed by atoms with Crippen LogP contribution in [0.25, 0.3) is 0 Å². The molecule has 6 N–H and O–H groups in total. The highest BCUT2D eigenvalue weighted by Gasteiger charge is 2.20. The number of nitrogens with one attached hydrogen (secondary N) is 5. The van der Waals surface area contributed by atoms with Gasteiger partial charge < -0.3 is 50.0 Å². The van der Waals surface area contributed by atoms with Gasteiger partial charge in [0, 0.05) is 59.5 Å². The molecule has 0 fully saturated rings. The van der Waals surface area contributed by atoms with Gasteiger partial charge in [0.1, 0.15) is 22.8 Å². The minimum Gasteiger partial charge on any atom is -0.396 e. The van der Waals surface area contributed by atoms with Gasteiger partial charge in [-0.1, -0.05) is 6.92 Å². The molecule has 0 saturated heterocycles. The van der Waals surface area contributed by atoms with Gasteiger partial charge in [-0.05, 0) is 30.7 Å². The van der Waals surface area contributed by atoms with E-state index in [9.17, 15) is 24.0 Å². The van der Waals surface area contributed by atoms with Crippen LogP contribution in [0.2, 0.25) is 0 Å². The first-order valence-corrected chi connectivity index (χ1v) is 14.0.